The molecule has 3 rings (SSSR count). The lowest BCUT2D eigenvalue weighted by atomic mass is 10.0. The van der Waals surface area contributed by atoms with Crippen LogP contribution in [0.2, 0.25) is 0 Å². The highest BCUT2D eigenvalue weighted by atomic mass is 16.6. The predicted octanol–water partition coefficient (Wildman–Crippen LogP) is 6.12. The summed E-state index contributed by atoms with van der Waals surface area (Å²) in [5, 5.41) is 3.07. The summed E-state index contributed by atoms with van der Waals surface area (Å²) in [6, 6.07) is 13.5. The number of anilines is 1. The zero-order valence-corrected chi connectivity index (χ0v) is 19.5. The van der Waals surface area contributed by atoms with Crippen LogP contribution < -0.4 is 10.7 Å². The number of ether oxygens (including phenoxy) is 1. The Hall–Kier alpha value is -3.41. The molecule has 0 aliphatic carbocycles. The van der Waals surface area contributed by atoms with Crippen LogP contribution in [0.1, 0.15) is 79.4 Å². The van der Waals surface area contributed by atoms with Gasteiger partial charge >= 0.3 is 5.97 Å². The number of aryl methyl sites for hydroxylation is 1. The zero-order chi connectivity index (χ0) is 23.8. The Kier molecular flexibility index (Phi) is 8.41. The van der Waals surface area contributed by atoms with Crippen LogP contribution in [0.5, 0.6) is 0 Å². The van der Waals surface area contributed by atoms with Crippen molar-refractivity contribution in [1.29, 1.82) is 0 Å². The molecule has 1 heterocycles. The number of benzene rings is 2. The first kappa shape index (κ1) is 24.2. The number of fused-ring (bicyclic) bond motifs is 1. The van der Waals surface area contributed by atoms with Crippen LogP contribution in [0.3, 0.4) is 0 Å². The summed E-state index contributed by atoms with van der Waals surface area (Å²) in [5.41, 5.74) is 1.77. The molecule has 6 heteroatoms. The van der Waals surface area contributed by atoms with Crippen LogP contribution in [-0.2, 0) is 11.2 Å². The maximum Gasteiger partial charge on any atom is 0.374 e. The Labute approximate surface area is 194 Å². The van der Waals surface area contributed by atoms with E-state index >= 15 is 0 Å². The SMILES string of the molecule is CCCCCCCc1ccc(C(=O)Nc2cccc3c(=O)cc(C(=O)OC(C)C)oc23)cc1. The largest absolute Gasteiger partial charge is 0.457 e. The highest BCUT2D eigenvalue weighted by Crippen LogP contribution is 2.23. The molecule has 0 saturated heterocycles. The van der Waals surface area contributed by atoms with Crippen molar-refractivity contribution in [2.45, 2.75) is 65.4 Å². The summed E-state index contributed by atoms with van der Waals surface area (Å²) in [7, 11) is 0. The number of rotatable bonds is 10. The van der Waals surface area contributed by atoms with Gasteiger partial charge in [-0.1, -0.05) is 50.8 Å². The van der Waals surface area contributed by atoms with Gasteiger partial charge in [0.05, 0.1) is 17.2 Å². The molecule has 33 heavy (non-hydrogen) atoms. The minimum absolute atomic E-state index is 0.137. The van der Waals surface area contributed by atoms with E-state index in [0.717, 1.165) is 18.9 Å². The number of amides is 1. The standard InChI is InChI=1S/C27H31NO5/c1-4-5-6-7-8-10-19-13-15-20(16-14-19)26(30)28-22-12-9-11-21-23(29)17-24(33-25(21)22)27(31)32-18(2)3/h9,11-18H,4-8,10H2,1-3H3,(H,28,30). The third-order valence-electron chi connectivity index (χ3n) is 5.33. The van der Waals surface area contributed by atoms with Crippen LogP contribution in [-0.4, -0.2) is 18.0 Å². The summed E-state index contributed by atoms with van der Waals surface area (Å²) >= 11 is 0. The van der Waals surface area contributed by atoms with Gasteiger partial charge in [-0.3, -0.25) is 9.59 Å². The Morgan fingerprint density at radius 2 is 1.73 bits per heavy atom. The topological polar surface area (TPSA) is 85.6 Å². The van der Waals surface area contributed by atoms with Gasteiger partial charge in [0.25, 0.3) is 5.91 Å². The predicted molar refractivity (Wildman–Crippen MR) is 130 cm³/mol. The summed E-state index contributed by atoms with van der Waals surface area (Å²) in [6.45, 7) is 5.62. The molecule has 1 N–H and O–H groups in total. The van der Waals surface area contributed by atoms with E-state index in [9.17, 15) is 14.4 Å². The van der Waals surface area contributed by atoms with E-state index in [4.69, 9.17) is 9.15 Å². The minimum Gasteiger partial charge on any atom is -0.457 e. The number of nitrogens with one attached hydrogen (secondary N) is 1. The molecule has 2 aromatic carbocycles. The number of unbranched alkanes of at least 4 members (excludes halogenated alkanes) is 4. The first-order valence-electron chi connectivity index (χ1n) is 11.6. The third-order valence-corrected chi connectivity index (χ3v) is 5.33. The number of carbonyl (C=O) groups excluding carboxylic acids is 2. The van der Waals surface area contributed by atoms with Gasteiger partial charge in [0.1, 0.15) is 0 Å². The molecule has 0 radical (unpaired) electrons. The van der Waals surface area contributed by atoms with Crippen molar-refractivity contribution in [1.82, 2.24) is 0 Å². The molecule has 0 saturated carbocycles. The Bertz CT molecular complexity index is 1160. The highest BCUT2D eigenvalue weighted by Gasteiger charge is 2.18. The minimum atomic E-state index is -0.726. The average Bonchev–Trinajstić information content (AvgIpc) is 2.79. The van der Waals surface area contributed by atoms with Gasteiger partial charge in [0.2, 0.25) is 5.76 Å². The van der Waals surface area contributed by atoms with E-state index < -0.39 is 5.97 Å². The molecule has 6 nitrogen and oxygen atoms in total. The van der Waals surface area contributed by atoms with Gasteiger partial charge in [0, 0.05) is 11.6 Å². The maximum absolute atomic E-state index is 12.8. The van der Waals surface area contributed by atoms with Crippen molar-refractivity contribution in [2.24, 2.45) is 0 Å². The lowest BCUT2D eigenvalue weighted by Crippen LogP contribution is -2.16. The van der Waals surface area contributed by atoms with E-state index in [0.29, 0.717) is 11.3 Å². The van der Waals surface area contributed by atoms with E-state index in [1.165, 1.54) is 31.2 Å². The second kappa shape index (κ2) is 11.5. The molecular formula is C27H31NO5. The zero-order valence-electron chi connectivity index (χ0n) is 19.5. The number of carbonyl (C=O) groups is 2. The van der Waals surface area contributed by atoms with Gasteiger partial charge < -0.3 is 14.5 Å². The fraction of sp³-hybridized carbons (Fsp3) is 0.370. The molecule has 0 aliphatic heterocycles. The molecule has 0 bridgehead atoms. The van der Waals surface area contributed by atoms with Crippen LogP contribution in [0.15, 0.2) is 57.7 Å². The second-order valence-corrected chi connectivity index (χ2v) is 8.43. The molecule has 0 unspecified atom stereocenters. The average molecular weight is 450 g/mol. The summed E-state index contributed by atoms with van der Waals surface area (Å²) in [6.07, 6.45) is 6.76. The van der Waals surface area contributed by atoms with Gasteiger partial charge in [-0.15, -0.1) is 0 Å². The Morgan fingerprint density at radius 1 is 1.00 bits per heavy atom. The van der Waals surface area contributed by atoms with Crippen LogP contribution in [0, 0.1) is 0 Å². The Balaban J connectivity index is 1.75. The van der Waals surface area contributed by atoms with Gasteiger partial charge in [-0.25, -0.2) is 4.79 Å². The molecule has 174 valence electrons. The maximum atomic E-state index is 12.8. The third kappa shape index (κ3) is 6.54. The van der Waals surface area contributed by atoms with Crippen molar-refractivity contribution < 1.29 is 18.7 Å². The molecule has 0 aliphatic rings. The summed E-state index contributed by atoms with van der Waals surface area (Å²) in [4.78, 5) is 37.5. The van der Waals surface area contributed by atoms with E-state index in [1.807, 2.05) is 12.1 Å². The molecular weight excluding hydrogens is 418 g/mol. The van der Waals surface area contributed by atoms with Crippen molar-refractivity contribution in [3.8, 4) is 0 Å². The van der Waals surface area contributed by atoms with Gasteiger partial charge in [-0.05, 0) is 56.5 Å². The number of hydrogen-bond acceptors (Lipinski definition) is 5. The molecule has 0 spiro atoms. The van der Waals surface area contributed by atoms with Gasteiger partial charge in [-0.2, -0.15) is 0 Å². The lowest BCUT2D eigenvalue weighted by molar-refractivity contribution is 0.0342. The summed E-state index contributed by atoms with van der Waals surface area (Å²) < 4.78 is 10.8. The van der Waals surface area contributed by atoms with Crippen LogP contribution in [0.4, 0.5) is 5.69 Å². The van der Waals surface area contributed by atoms with Crippen molar-refractivity contribution in [3.05, 3.63) is 75.6 Å². The molecule has 1 amide bonds. The smallest absolute Gasteiger partial charge is 0.374 e. The van der Waals surface area contributed by atoms with E-state index in [1.54, 1.807) is 44.2 Å². The second-order valence-electron chi connectivity index (χ2n) is 8.43. The number of hydrogen-bond donors (Lipinski definition) is 1. The fourth-order valence-electron chi connectivity index (χ4n) is 3.60. The summed E-state index contributed by atoms with van der Waals surface area (Å²) in [5.74, 6) is -1.25. The quantitative estimate of drug-likeness (QED) is 0.297. The first-order valence-corrected chi connectivity index (χ1v) is 11.6. The normalized spacial score (nSPS) is 11.0. The van der Waals surface area contributed by atoms with E-state index in [-0.39, 0.29) is 34.2 Å². The van der Waals surface area contributed by atoms with Crippen molar-refractivity contribution in [2.75, 3.05) is 5.32 Å². The Morgan fingerprint density at radius 3 is 2.42 bits per heavy atom. The molecule has 3 aromatic rings. The molecule has 1 aromatic heterocycles. The lowest BCUT2D eigenvalue weighted by Gasteiger charge is -2.11. The van der Waals surface area contributed by atoms with Crippen LogP contribution >= 0.6 is 0 Å². The van der Waals surface area contributed by atoms with E-state index in [2.05, 4.69) is 12.2 Å². The number of esters is 1. The van der Waals surface area contributed by atoms with Gasteiger partial charge in [0.15, 0.2) is 11.0 Å². The van der Waals surface area contributed by atoms with Crippen molar-refractivity contribution in [3.63, 3.8) is 0 Å². The molecule has 0 fully saturated rings. The first-order chi connectivity index (χ1) is 15.9. The highest BCUT2D eigenvalue weighted by molar-refractivity contribution is 6.08. The molecule has 0 atom stereocenters. The fourth-order valence-corrected chi connectivity index (χ4v) is 3.60. The number of para-hydroxylation sites is 1. The van der Waals surface area contributed by atoms with Crippen molar-refractivity contribution >= 4 is 28.5 Å². The van der Waals surface area contributed by atoms with Crippen LogP contribution in [0.25, 0.3) is 11.0 Å². The monoisotopic (exact) mass is 449 g/mol.